The number of amides is 1. The number of aromatic nitrogens is 2. The van der Waals surface area contributed by atoms with Crippen LogP contribution < -0.4 is 10.6 Å². The number of nitro groups is 1. The number of rotatable bonds is 7. The van der Waals surface area contributed by atoms with E-state index in [-0.39, 0.29) is 11.3 Å². The van der Waals surface area contributed by atoms with Gasteiger partial charge in [0.05, 0.1) is 4.92 Å². The maximum Gasteiger partial charge on any atom is 0.270 e. The molecule has 0 saturated carbocycles. The fraction of sp³-hybridized carbons (Fsp3) is 0.0357. The van der Waals surface area contributed by atoms with E-state index in [4.69, 9.17) is 11.6 Å². The highest BCUT2D eigenvalue weighted by Gasteiger charge is 2.14. The number of nitrogens with zero attached hydrogens (tertiary/aromatic N) is 3. The lowest BCUT2D eigenvalue weighted by molar-refractivity contribution is -0.384. The van der Waals surface area contributed by atoms with Gasteiger partial charge < -0.3 is 10.6 Å². The van der Waals surface area contributed by atoms with Crippen molar-refractivity contribution in [2.24, 2.45) is 0 Å². The van der Waals surface area contributed by atoms with Gasteiger partial charge in [0, 0.05) is 58.1 Å². The summed E-state index contributed by atoms with van der Waals surface area (Å²) in [6, 6.07) is 22.4. The maximum atomic E-state index is 12.9. The summed E-state index contributed by atoms with van der Waals surface area (Å²) in [7, 11) is 0. The highest BCUT2D eigenvalue weighted by atomic mass is 35.5. The van der Waals surface area contributed by atoms with Crippen molar-refractivity contribution in [3.05, 3.63) is 129 Å². The van der Waals surface area contributed by atoms with Crippen LogP contribution in [0.3, 0.4) is 0 Å². The van der Waals surface area contributed by atoms with Crippen molar-refractivity contribution in [1.29, 1.82) is 0 Å². The van der Waals surface area contributed by atoms with Crippen LogP contribution in [0.1, 0.15) is 21.5 Å². The predicted octanol–water partition coefficient (Wildman–Crippen LogP) is 6.78. The Hall–Kier alpha value is -4.82. The molecule has 1 amide bonds. The van der Waals surface area contributed by atoms with Crippen molar-refractivity contribution >= 4 is 51.2 Å². The molecule has 0 aliphatic heterocycles. The molecule has 5 rings (SSSR count). The second-order valence-corrected chi connectivity index (χ2v) is 8.76. The van der Waals surface area contributed by atoms with Crippen molar-refractivity contribution in [3.8, 4) is 0 Å². The molecule has 3 aromatic carbocycles. The summed E-state index contributed by atoms with van der Waals surface area (Å²) in [5, 5.41) is 19.6. The fourth-order valence-corrected chi connectivity index (χ4v) is 4.20. The number of benzene rings is 3. The Balaban J connectivity index is 1.52. The van der Waals surface area contributed by atoms with Crippen LogP contribution in [0, 0.1) is 10.1 Å². The van der Waals surface area contributed by atoms with Gasteiger partial charge in [0.2, 0.25) is 0 Å². The minimum atomic E-state index is -0.531. The number of anilines is 3. The summed E-state index contributed by atoms with van der Waals surface area (Å²) in [6.45, 7) is 0. The van der Waals surface area contributed by atoms with Crippen molar-refractivity contribution in [1.82, 2.24) is 9.97 Å². The number of halogens is 1. The summed E-state index contributed by atoms with van der Waals surface area (Å²) in [5.41, 5.74) is 3.45. The van der Waals surface area contributed by atoms with Gasteiger partial charge >= 0.3 is 0 Å². The van der Waals surface area contributed by atoms with Gasteiger partial charge in [-0.1, -0.05) is 29.8 Å². The van der Waals surface area contributed by atoms with Crippen molar-refractivity contribution in [3.63, 3.8) is 0 Å². The Morgan fingerprint density at radius 3 is 2.51 bits per heavy atom. The van der Waals surface area contributed by atoms with E-state index in [0.717, 1.165) is 27.6 Å². The molecule has 0 aliphatic carbocycles. The van der Waals surface area contributed by atoms with Gasteiger partial charge in [-0.25, -0.2) is 4.98 Å². The third-order valence-corrected chi connectivity index (χ3v) is 6.01. The number of nitrogens with one attached hydrogen (secondary N) is 2. The Morgan fingerprint density at radius 1 is 0.919 bits per heavy atom. The monoisotopic (exact) mass is 509 g/mol. The number of carbonyl (C=O) groups is 1. The second-order valence-electron chi connectivity index (χ2n) is 8.32. The topological polar surface area (TPSA) is 110 Å². The fourth-order valence-electron chi connectivity index (χ4n) is 4.01. The van der Waals surface area contributed by atoms with Gasteiger partial charge in [-0.3, -0.25) is 19.9 Å². The third-order valence-electron chi connectivity index (χ3n) is 5.78. The molecule has 8 nitrogen and oxygen atoms in total. The first-order chi connectivity index (χ1) is 18.0. The molecule has 0 spiro atoms. The highest BCUT2D eigenvalue weighted by Crippen LogP contribution is 2.31. The van der Waals surface area contributed by atoms with Crippen LogP contribution in [0.4, 0.5) is 22.9 Å². The molecule has 0 bridgehead atoms. The van der Waals surface area contributed by atoms with Crippen LogP contribution in [0.5, 0.6) is 0 Å². The maximum absolute atomic E-state index is 12.9. The molecule has 0 atom stereocenters. The Kier molecular flexibility index (Phi) is 6.74. The summed E-state index contributed by atoms with van der Waals surface area (Å²) in [5.74, 6) is 0.149. The molecular formula is C28H20ClN5O3. The van der Waals surface area contributed by atoms with E-state index in [1.54, 1.807) is 30.6 Å². The molecule has 0 unspecified atom stereocenters. The molecule has 37 heavy (non-hydrogen) atoms. The average molecular weight is 510 g/mol. The van der Waals surface area contributed by atoms with Crippen LogP contribution >= 0.6 is 11.6 Å². The number of non-ortho nitro benzene ring substituents is 1. The average Bonchev–Trinajstić information content (AvgIpc) is 2.91. The van der Waals surface area contributed by atoms with Crippen LogP contribution in [0.25, 0.3) is 10.8 Å². The molecular weight excluding hydrogens is 490 g/mol. The summed E-state index contributed by atoms with van der Waals surface area (Å²) >= 11 is 6.16. The molecule has 0 fully saturated rings. The van der Waals surface area contributed by atoms with Gasteiger partial charge in [0.15, 0.2) is 0 Å². The predicted molar refractivity (Wildman–Crippen MR) is 145 cm³/mol. The van der Waals surface area contributed by atoms with E-state index in [9.17, 15) is 14.9 Å². The van der Waals surface area contributed by atoms with Crippen molar-refractivity contribution in [2.75, 3.05) is 10.6 Å². The van der Waals surface area contributed by atoms with Gasteiger partial charge in [0.1, 0.15) is 5.82 Å². The molecule has 9 heteroatoms. The normalized spacial score (nSPS) is 10.7. The first kappa shape index (κ1) is 23.9. The lowest BCUT2D eigenvalue weighted by Crippen LogP contribution is -2.12. The summed E-state index contributed by atoms with van der Waals surface area (Å²) in [6.07, 6.45) is 5.99. The first-order valence-corrected chi connectivity index (χ1v) is 11.7. The van der Waals surface area contributed by atoms with E-state index in [1.165, 1.54) is 24.3 Å². The molecule has 0 saturated heterocycles. The van der Waals surface area contributed by atoms with E-state index >= 15 is 0 Å². The summed E-state index contributed by atoms with van der Waals surface area (Å²) in [4.78, 5) is 32.2. The zero-order valence-corrected chi connectivity index (χ0v) is 20.1. The lowest BCUT2D eigenvalue weighted by atomic mass is 10.0. The molecule has 5 aromatic rings. The van der Waals surface area contributed by atoms with Crippen molar-refractivity contribution in [2.45, 2.75) is 6.42 Å². The van der Waals surface area contributed by atoms with Gasteiger partial charge in [-0.2, -0.15) is 0 Å². The van der Waals surface area contributed by atoms with E-state index in [2.05, 4.69) is 20.6 Å². The molecule has 2 heterocycles. The summed E-state index contributed by atoms with van der Waals surface area (Å²) < 4.78 is 0. The number of fused-ring (bicyclic) bond motifs is 1. The van der Waals surface area contributed by atoms with E-state index in [0.29, 0.717) is 22.9 Å². The number of hydrogen-bond acceptors (Lipinski definition) is 6. The first-order valence-electron chi connectivity index (χ1n) is 11.4. The number of carbonyl (C=O) groups excluding carboxylic acids is 1. The van der Waals surface area contributed by atoms with E-state index in [1.807, 2.05) is 42.6 Å². The molecule has 182 valence electrons. The van der Waals surface area contributed by atoms with Crippen molar-refractivity contribution < 1.29 is 9.72 Å². The molecule has 2 N–H and O–H groups in total. The Bertz CT molecular complexity index is 1630. The minimum absolute atomic E-state index is 0.149. The highest BCUT2D eigenvalue weighted by molar-refractivity contribution is 6.30. The standard InChI is InChI=1S/C28H20ClN5O3/c29-21-4-2-5-22(15-21)32-27-26-16-23(33-28(35)19-3-1-6-24(14-19)34(36)37)7-8-25(26)20(17-31-27)13-18-9-11-30-12-10-18/h1-12,14-17H,13H2,(H,31,32)(H,33,35). The van der Waals surface area contributed by atoms with E-state index < -0.39 is 10.8 Å². The van der Waals surface area contributed by atoms with Crippen LogP contribution in [0.2, 0.25) is 5.02 Å². The molecule has 2 aromatic heterocycles. The van der Waals surface area contributed by atoms with Crippen LogP contribution in [0.15, 0.2) is 97.5 Å². The largest absolute Gasteiger partial charge is 0.340 e. The number of pyridine rings is 2. The van der Waals surface area contributed by atoms with Gasteiger partial charge in [-0.15, -0.1) is 0 Å². The number of hydrogen-bond donors (Lipinski definition) is 2. The second kappa shape index (κ2) is 10.4. The lowest BCUT2D eigenvalue weighted by Gasteiger charge is -2.14. The van der Waals surface area contributed by atoms with Crippen LogP contribution in [-0.4, -0.2) is 20.8 Å². The Labute approximate surface area is 217 Å². The van der Waals surface area contributed by atoms with Crippen LogP contribution in [-0.2, 0) is 6.42 Å². The Morgan fingerprint density at radius 2 is 1.73 bits per heavy atom. The third kappa shape index (κ3) is 5.55. The zero-order valence-electron chi connectivity index (χ0n) is 19.4. The quantitative estimate of drug-likeness (QED) is 0.185. The molecule has 0 aliphatic rings. The molecule has 0 radical (unpaired) electrons. The SMILES string of the molecule is O=C(Nc1ccc2c(Cc3ccncc3)cnc(Nc3cccc(Cl)c3)c2c1)c1cccc([N+](=O)[O-])c1. The smallest absolute Gasteiger partial charge is 0.270 e. The van der Waals surface area contributed by atoms with Gasteiger partial charge in [-0.05, 0) is 71.5 Å². The zero-order chi connectivity index (χ0) is 25.8. The van der Waals surface area contributed by atoms with Gasteiger partial charge in [0.25, 0.3) is 11.6 Å². The number of nitro benzene ring substituents is 1. The minimum Gasteiger partial charge on any atom is -0.340 e.